The first kappa shape index (κ1) is 25.8. The smallest absolute Gasteiger partial charge is 0.411 e. The molecule has 1 amide bonds. The summed E-state index contributed by atoms with van der Waals surface area (Å²) in [6, 6.07) is 20.1. The molecule has 2 atom stereocenters. The number of rotatable bonds is 7. The lowest BCUT2D eigenvalue weighted by molar-refractivity contribution is -0.145. The van der Waals surface area contributed by atoms with Crippen molar-refractivity contribution in [2.45, 2.75) is 64.8 Å². The van der Waals surface area contributed by atoms with E-state index in [1.54, 1.807) is 4.90 Å². The van der Waals surface area contributed by atoms with E-state index < -0.39 is 23.7 Å². The van der Waals surface area contributed by atoms with Gasteiger partial charge in [-0.15, -0.1) is 0 Å². The Morgan fingerprint density at radius 3 is 1.97 bits per heavy atom. The average molecular weight is 467 g/mol. The van der Waals surface area contributed by atoms with E-state index in [9.17, 15) is 9.59 Å². The molecular formula is C28H38N2O4. The maximum atomic E-state index is 13.1. The van der Waals surface area contributed by atoms with Gasteiger partial charge in [-0.25, -0.2) is 9.59 Å². The topological polar surface area (TPSA) is 59.1 Å². The second kappa shape index (κ2) is 11.0. The molecular weight excluding hydrogens is 428 g/mol. The molecule has 6 nitrogen and oxygen atoms in total. The van der Waals surface area contributed by atoms with Gasteiger partial charge in [0.05, 0.1) is 13.2 Å². The normalized spacial score (nSPS) is 18.6. The summed E-state index contributed by atoms with van der Waals surface area (Å²) in [7, 11) is 1.37. The predicted octanol–water partition coefficient (Wildman–Crippen LogP) is 5.29. The molecule has 0 spiro atoms. The second-order valence-corrected chi connectivity index (χ2v) is 10.4. The highest BCUT2D eigenvalue weighted by Crippen LogP contribution is 2.36. The van der Waals surface area contributed by atoms with Crippen LogP contribution >= 0.6 is 0 Å². The maximum Gasteiger partial charge on any atom is 0.411 e. The van der Waals surface area contributed by atoms with Crippen LogP contribution in [-0.2, 0) is 14.3 Å². The first-order valence-corrected chi connectivity index (χ1v) is 12.0. The van der Waals surface area contributed by atoms with Crippen LogP contribution in [0.5, 0.6) is 0 Å². The van der Waals surface area contributed by atoms with Crippen molar-refractivity contribution in [1.82, 2.24) is 9.80 Å². The lowest BCUT2D eigenvalue weighted by Crippen LogP contribution is -2.45. The van der Waals surface area contributed by atoms with Crippen molar-refractivity contribution in [3.05, 3.63) is 71.8 Å². The SMILES string of the molecule is COC(=O)C1CC(N(CC(C)C)C(c2ccccc2)c2ccccc2)CN1C(=O)OC(C)(C)C. The van der Waals surface area contributed by atoms with Gasteiger partial charge in [0.1, 0.15) is 11.6 Å². The third-order valence-corrected chi connectivity index (χ3v) is 5.99. The Bertz CT molecular complexity index is 900. The van der Waals surface area contributed by atoms with Crippen LogP contribution in [0.1, 0.15) is 58.2 Å². The number of carbonyl (C=O) groups excluding carboxylic acids is 2. The molecule has 0 radical (unpaired) electrons. The van der Waals surface area contributed by atoms with E-state index in [0.717, 1.165) is 6.54 Å². The molecule has 1 aliphatic heterocycles. The van der Waals surface area contributed by atoms with Crippen molar-refractivity contribution < 1.29 is 19.1 Å². The minimum atomic E-state index is -0.674. The Morgan fingerprint density at radius 2 is 1.53 bits per heavy atom. The Balaban J connectivity index is 2.01. The number of ether oxygens (including phenoxy) is 2. The van der Waals surface area contributed by atoms with Gasteiger partial charge in [0.15, 0.2) is 0 Å². The zero-order valence-corrected chi connectivity index (χ0v) is 21.2. The third kappa shape index (κ3) is 6.38. The van der Waals surface area contributed by atoms with Gasteiger partial charge in [0, 0.05) is 19.1 Å². The number of benzene rings is 2. The number of nitrogens with zero attached hydrogens (tertiary/aromatic N) is 2. The fraction of sp³-hybridized carbons (Fsp3) is 0.500. The third-order valence-electron chi connectivity index (χ3n) is 5.99. The van der Waals surface area contributed by atoms with E-state index in [1.165, 1.54) is 18.2 Å². The fourth-order valence-electron chi connectivity index (χ4n) is 4.67. The molecule has 2 aromatic carbocycles. The molecule has 2 unspecified atom stereocenters. The standard InChI is InChI=1S/C28H38N2O4/c1-20(2)18-29(25(21-13-9-7-10-14-21)22-15-11-8-12-16-22)23-17-24(26(31)33-6)30(19-23)27(32)34-28(3,4)5/h7-16,20,23-25H,17-19H2,1-6H3. The largest absolute Gasteiger partial charge is 0.467 e. The van der Waals surface area contributed by atoms with Crippen LogP contribution in [0.25, 0.3) is 0 Å². The van der Waals surface area contributed by atoms with Gasteiger partial charge < -0.3 is 9.47 Å². The first-order chi connectivity index (χ1) is 16.1. The molecule has 0 bridgehead atoms. The van der Waals surface area contributed by atoms with E-state index in [1.807, 2.05) is 32.9 Å². The highest BCUT2D eigenvalue weighted by atomic mass is 16.6. The van der Waals surface area contributed by atoms with Gasteiger partial charge in [0.2, 0.25) is 0 Å². The summed E-state index contributed by atoms with van der Waals surface area (Å²) >= 11 is 0. The zero-order chi connectivity index (χ0) is 24.9. The van der Waals surface area contributed by atoms with Crippen LogP contribution in [0, 0.1) is 5.92 Å². The minimum absolute atomic E-state index is 0.00770. The molecule has 0 aliphatic carbocycles. The van der Waals surface area contributed by atoms with Gasteiger partial charge in [-0.05, 0) is 44.2 Å². The summed E-state index contributed by atoms with van der Waals surface area (Å²) in [5.41, 5.74) is 1.71. The summed E-state index contributed by atoms with van der Waals surface area (Å²) in [5, 5.41) is 0. The van der Waals surface area contributed by atoms with Crippen molar-refractivity contribution in [2.24, 2.45) is 5.92 Å². The predicted molar refractivity (Wildman–Crippen MR) is 133 cm³/mol. The zero-order valence-electron chi connectivity index (χ0n) is 21.2. The molecule has 6 heteroatoms. The lowest BCUT2D eigenvalue weighted by Gasteiger charge is -2.38. The molecule has 1 fully saturated rings. The number of carbonyl (C=O) groups is 2. The van der Waals surface area contributed by atoms with Crippen molar-refractivity contribution in [1.29, 1.82) is 0 Å². The van der Waals surface area contributed by atoms with Crippen molar-refractivity contribution >= 4 is 12.1 Å². The molecule has 1 saturated heterocycles. The number of amides is 1. The molecule has 3 rings (SSSR count). The number of hydrogen-bond acceptors (Lipinski definition) is 5. The van der Waals surface area contributed by atoms with E-state index >= 15 is 0 Å². The second-order valence-electron chi connectivity index (χ2n) is 10.4. The molecule has 34 heavy (non-hydrogen) atoms. The van der Waals surface area contributed by atoms with Crippen molar-refractivity contribution in [3.8, 4) is 0 Å². The summed E-state index contributed by atoms with van der Waals surface area (Å²) in [6.45, 7) is 11.1. The monoisotopic (exact) mass is 466 g/mol. The van der Waals surface area contributed by atoms with E-state index in [0.29, 0.717) is 18.9 Å². The molecule has 0 saturated carbocycles. The highest BCUT2D eigenvalue weighted by Gasteiger charge is 2.45. The highest BCUT2D eigenvalue weighted by molar-refractivity contribution is 5.82. The molecule has 2 aromatic rings. The fourth-order valence-corrected chi connectivity index (χ4v) is 4.67. The number of likely N-dealkylation sites (tertiary alicyclic amines) is 1. The van der Waals surface area contributed by atoms with Crippen LogP contribution in [0.3, 0.4) is 0 Å². The molecule has 0 N–H and O–H groups in total. The van der Waals surface area contributed by atoms with Crippen LogP contribution in [0.4, 0.5) is 4.79 Å². The van der Waals surface area contributed by atoms with Crippen LogP contribution in [-0.4, -0.2) is 59.7 Å². The number of esters is 1. The minimum Gasteiger partial charge on any atom is -0.467 e. The summed E-state index contributed by atoms with van der Waals surface area (Å²) in [6.07, 6.45) is 0.0142. The lowest BCUT2D eigenvalue weighted by atomic mass is 9.94. The van der Waals surface area contributed by atoms with E-state index in [4.69, 9.17) is 9.47 Å². The summed E-state index contributed by atoms with van der Waals surface area (Å²) in [5.74, 6) is -0.0177. The number of hydrogen-bond donors (Lipinski definition) is 0. The average Bonchev–Trinajstić information content (AvgIpc) is 3.24. The van der Waals surface area contributed by atoms with Gasteiger partial charge >= 0.3 is 12.1 Å². The maximum absolute atomic E-state index is 13.1. The molecule has 1 heterocycles. The first-order valence-electron chi connectivity index (χ1n) is 12.0. The van der Waals surface area contributed by atoms with Crippen LogP contribution < -0.4 is 0 Å². The Labute approximate surface area is 203 Å². The Hall–Kier alpha value is -2.86. The van der Waals surface area contributed by atoms with Crippen molar-refractivity contribution in [3.63, 3.8) is 0 Å². The van der Waals surface area contributed by atoms with Gasteiger partial charge in [-0.3, -0.25) is 9.80 Å². The van der Waals surface area contributed by atoms with E-state index in [2.05, 4.69) is 67.3 Å². The summed E-state index contributed by atoms with van der Waals surface area (Å²) in [4.78, 5) is 29.8. The molecule has 184 valence electrons. The van der Waals surface area contributed by atoms with Gasteiger partial charge in [-0.1, -0.05) is 74.5 Å². The van der Waals surface area contributed by atoms with E-state index in [-0.39, 0.29) is 12.1 Å². The Morgan fingerprint density at radius 1 is 1.00 bits per heavy atom. The summed E-state index contributed by atoms with van der Waals surface area (Å²) < 4.78 is 10.7. The van der Waals surface area contributed by atoms with Crippen LogP contribution in [0.2, 0.25) is 0 Å². The molecule has 0 aromatic heterocycles. The van der Waals surface area contributed by atoms with Crippen LogP contribution in [0.15, 0.2) is 60.7 Å². The van der Waals surface area contributed by atoms with Gasteiger partial charge in [0.25, 0.3) is 0 Å². The molecule has 1 aliphatic rings. The number of methoxy groups -OCH3 is 1. The quantitative estimate of drug-likeness (QED) is 0.519. The van der Waals surface area contributed by atoms with Gasteiger partial charge in [-0.2, -0.15) is 0 Å². The Kier molecular flexibility index (Phi) is 8.37. The van der Waals surface area contributed by atoms with Crippen molar-refractivity contribution in [2.75, 3.05) is 20.2 Å².